The van der Waals surface area contributed by atoms with Crippen LogP contribution in [-0.4, -0.2) is 35.4 Å². The van der Waals surface area contributed by atoms with Gasteiger partial charge in [-0.1, -0.05) is 6.07 Å². The van der Waals surface area contributed by atoms with Crippen molar-refractivity contribution in [1.82, 2.24) is 4.98 Å². The number of carbonyl (C=O) groups is 1. The van der Waals surface area contributed by atoms with Crippen molar-refractivity contribution in [3.05, 3.63) is 40.1 Å². The molecule has 0 radical (unpaired) electrons. The number of aromatic hydroxyl groups is 1. The maximum absolute atomic E-state index is 14.0. The molecule has 1 aromatic carbocycles. The minimum atomic E-state index is -0.794. The SMILES string of the molecule is N#Cc1ccc(-c2nc(N3CCC(OC(N)=O)CC3)cc(O)c2Br)cc1F. The molecule has 1 aliphatic rings. The Kier molecular flexibility index (Phi) is 5.46. The van der Waals surface area contributed by atoms with Crippen molar-refractivity contribution < 1.29 is 19.0 Å². The Morgan fingerprint density at radius 3 is 2.70 bits per heavy atom. The van der Waals surface area contributed by atoms with Crippen LogP contribution in [0.15, 0.2) is 28.7 Å². The zero-order valence-corrected chi connectivity index (χ0v) is 15.7. The number of nitriles is 1. The van der Waals surface area contributed by atoms with Gasteiger partial charge in [-0.2, -0.15) is 5.26 Å². The Hall–Kier alpha value is -2.86. The summed E-state index contributed by atoms with van der Waals surface area (Å²) in [7, 11) is 0. The van der Waals surface area contributed by atoms with E-state index < -0.39 is 11.9 Å². The number of halogens is 2. The smallest absolute Gasteiger partial charge is 0.404 e. The molecule has 1 aliphatic heterocycles. The van der Waals surface area contributed by atoms with Crippen LogP contribution in [0.5, 0.6) is 5.75 Å². The average Bonchev–Trinajstić information content (AvgIpc) is 2.64. The third-order valence-corrected chi connectivity index (χ3v) is 5.12. The molecule has 1 aromatic heterocycles. The summed E-state index contributed by atoms with van der Waals surface area (Å²) in [5.41, 5.74) is 5.78. The minimum Gasteiger partial charge on any atom is -0.507 e. The number of nitrogens with zero attached hydrogens (tertiary/aromatic N) is 3. The highest BCUT2D eigenvalue weighted by Gasteiger charge is 2.24. The van der Waals surface area contributed by atoms with E-state index in [1.807, 2.05) is 4.90 Å². The Balaban J connectivity index is 1.88. The van der Waals surface area contributed by atoms with Gasteiger partial charge in [-0.3, -0.25) is 0 Å². The van der Waals surface area contributed by atoms with E-state index in [9.17, 15) is 14.3 Å². The number of carbonyl (C=O) groups excluding carboxylic acids is 1. The molecule has 7 nitrogen and oxygen atoms in total. The number of hydrogen-bond donors (Lipinski definition) is 2. The predicted octanol–water partition coefficient (Wildman–Crippen LogP) is 3.29. The number of piperidine rings is 1. The normalized spacial score (nSPS) is 14.6. The molecule has 0 atom stereocenters. The lowest BCUT2D eigenvalue weighted by molar-refractivity contribution is 0.0912. The molecule has 27 heavy (non-hydrogen) atoms. The van der Waals surface area contributed by atoms with Crippen LogP contribution >= 0.6 is 15.9 Å². The van der Waals surface area contributed by atoms with Gasteiger partial charge in [0.15, 0.2) is 0 Å². The molecule has 0 unspecified atom stereocenters. The molecule has 0 aliphatic carbocycles. The highest BCUT2D eigenvalue weighted by atomic mass is 79.9. The second kappa shape index (κ2) is 7.80. The third-order valence-electron chi connectivity index (χ3n) is 4.34. The van der Waals surface area contributed by atoms with Crippen LogP contribution in [0.1, 0.15) is 18.4 Å². The standard InChI is InChI=1S/C18H16BrFN4O3/c19-16-14(25)8-15(24-5-3-12(4-6-24)27-18(22)26)23-17(16)10-1-2-11(9-21)13(20)7-10/h1-2,7-8,12H,3-6H2,(H2,22,26)(H,23,25). The molecule has 0 spiro atoms. The van der Waals surface area contributed by atoms with Crippen LogP contribution in [0.4, 0.5) is 15.0 Å². The van der Waals surface area contributed by atoms with Gasteiger partial charge in [0.2, 0.25) is 0 Å². The first-order valence-electron chi connectivity index (χ1n) is 8.19. The molecular formula is C18H16BrFN4O3. The van der Waals surface area contributed by atoms with Gasteiger partial charge in [-0.05, 0) is 28.1 Å². The molecule has 0 saturated carbocycles. The predicted molar refractivity (Wildman–Crippen MR) is 99.6 cm³/mol. The second-order valence-corrected chi connectivity index (χ2v) is 6.88. The van der Waals surface area contributed by atoms with Crippen LogP contribution in [0.2, 0.25) is 0 Å². The number of primary amides is 1. The van der Waals surface area contributed by atoms with Crippen LogP contribution < -0.4 is 10.6 Å². The fraction of sp³-hybridized carbons (Fsp3) is 0.278. The summed E-state index contributed by atoms with van der Waals surface area (Å²) >= 11 is 3.28. The van der Waals surface area contributed by atoms with Gasteiger partial charge < -0.3 is 20.5 Å². The van der Waals surface area contributed by atoms with Gasteiger partial charge in [0.25, 0.3) is 0 Å². The number of anilines is 1. The number of aromatic nitrogens is 1. The van der Waals surface area contributed by atoms with Crippen LogP contribution in [0.25, 0.3) is 11.3 Å². The number of benzene rings is 1. The number of hydrogen-bond acceptors (Lipinski definition) is 6. The summed E-state index contributed by atoms with van der Waals surface area (Å²) in [5, 5.41) is 19.1. The van der Waals surface area contributed by atoms with Crippen molar-refractivity contribution in [2.45, 2.75) is 18.9 Å². The number of amides is 1. The van der Waals surface area contributed by atoms with E-state index in [1.165, 1.54) is 18.2 Å². The van der Waals surface area contributed by atoms with E-state index in [0.717, 1.165) is 0 Å². The highest BCUT2D eigenvalue weighted by Crippen LogP contribution is 2.37. The molecule has 2 heterocycles. The first-order valence-corrected chi connectivity index (χ1v) is 8.99. The van der Waals surface area contributed by atoms with Crippen LogP contribution in [-0.2, 0) is 4.74 Å². The van der Waals surface area contributed by atoms with Crippen LogP contribution in [0.3, 0.4) is 0 Å². The zero-order chi connectivity index (χ0) is 19.6. The van der Waals surface area contributed by atoms with Crippen molar-refractivity contribution in [1.29, 1.82) is 5.26 Å². The van der Waals surface area contributed by atoms with Crippen molar-refractivity contribution in [2.75, 3.05) is 18.0 Å². The molecular weight excluding hydrogens is 419 g/mol. The topological polar surface area (TPSA) is 112 Å². The monoisotopic (exact) mass is 434 g/mol. The molecule has 1 amide bonds. The first kappa shape index (κ1) is 18.9. The molecule has 3 rings (SSSR count). The molecule has 2 aromatic rings. The first-order chi connectivity index (χ1) is 12.9. The van der Waals surface area contributed by atoms with Crippen molar-refractivity contribution >= 4 is 27.8 Å². The van der Waals surface area contributed by atoms with Gasteiger partial charge in [-0.15, -0.1) is 0 Å². The van der Waals surface area contributed by atoms with Crippen molar-refractivity contribution in [3.63, 3.8) is 0 Å². The van der Waals surface area contributed by atoms with E-state index >= 15 is 0 Å². The Morgan fingerprint density at radius 2 is 2.11 bits per heavy atom. The molecule has 140 valence electrons. The van der Waals surface area contributed by atoms with E-state index in [0.29, 0.717) is 47.5 Å². The Labute approximate surface area is 163 Å². The Bertz CT molecular complexity index is 924. The number of ether oxygens (including phenoxy) is 1. The minimum absolute atomic E-state index is 0.0322. The van der Waals surface area contributed by atoms with Gasteiger partial charge in [0.1, 0.15) is 29.6 Å². The molecule has 0 bridgehead atoms. The molecule has 3 N–H and O–H groups in total. The lowest BCUT2D eigenvalue weighted by atomic mass is 10.1. The summed E-state index contributed by atoms with van der Waals surface area (Å²) in [5.74, 6) is -0.165. The van der Waals surface area contributed by atoms with Gasteiger partial charge in [0.05, 0.1) is 15.7 Å². The van der Waals surface area contributed by atoms with Crippen molar-refractivity contribution in [3.8, 4) is 23.1 Å². The lowest BCUT2D eigenvalue weighted by Gasteiger charge is -2.32. The van der Waals surface area contributed by atoms with Gasteiger partial charge >= 0.3 is 6.09 Å². The second-order valence-electron chi connectivity index (χ2n) is 6.09. The van der Waals surface area contributed by atoms with E-state index in [2.05, 4.69) is 20.9 Å². The fourth-order valence-corrected chi connectivity index (χ4v) is 3.41. The van der Waals surface area contributed by atoms with E-state index in [1.54, 1.807) is 12.1 Å². The van der Waals surface area contributed by atoms with Gasteiger partial charge in [-0.25, -0.2) is 14.2 Å². The zero-order valence-electron chi connectivity index (χ0n) is 14.2. The van der Waals surface area contributed by atoms with E-state index in [4.69, 9.17) is 15.7 Å². The lowest BCUT2D eigenvalue weighted by Crippen LogP contribution is -2.39. The maximum Gasteiger partial charge on any atom is 0.404 e. The largest absolute Gasteiger partial charge is 0.507 e. The van der Waals surface area contributed by atoms with Gasteiger partial charge in [0, 0.05) is 37.6 Å². The van der Waals surface area contributed by atoms with Crippen LogP contribution in [0, 0.1) is 17.1 Å². The summed E-state index contributed by atoms with van der Waals surface area (Å²) in [6.45, 7) is 1.13. The summed E-state index contributed by atoms with van der Waals surface area (Å²) < 4.78 is 19.3. The molecule has 1 fully saturated rings. The fourth-order valence-electron chi connectivity index (χ4n) is 2.98. The maximum atomic E-state index is 14.0. The Morgan fingerprint density at radius 1 is 1.41 bits per heavy atom. The quantitative estimate of drug-likeness (QED) is 0.765. The van der Waals surface area contributed by atoms with Crippen molar-refractivity contribution in [2.24, 2.45) is 5.73 Å². The summed E-state index contributed by atoms with van der Waals surface area (Å²) in [6, 6.07) is 7.44. The highest BCUT2D eigenvalue weighted by molar-refractivity contribution is 9.10. The summed E-state index contributed by atoms with van der Waals surface area (Å²) in [6.07, 6.45) is 0.137. The molecule has 1 saturated heterocycles. The van der Waals surface area contributed by atoms with E-state index in [-0.39, 0.29) is 17.4 Å². The third kappa shape index (κ3) is 4.11. The number of pyridine rings is 1. The molecule has 9 heteroatoms. The number of rotatable bonds is 3. The average molecular weight is 435 g/mol. The summed E-state index contributed by atoms with van der Waals surface area (Å²) in [4.78, 5) is 17.3. The number of nitrogens with two attached hydrogens (primary N) is 1.